The molecular weight excluding hydrogens is 138 g/mol. The van der Waals surface area contributed by atoms with Crippen molar-refractivity contribution in [1.29, 1.82) is 0 Å². The van der Waals surface area contributed by atoms with Crippen LogP contribution in [0.5, 0.6) is 0 Å². The molecule has 0 unspecified atom stereocenters. The van der Waals surface area contributed by atoms with Gasteiger partial charge in [-0.05, 0) is 5.75 Å². The highest BCUT2D eigenvalue weighted by Crippen LogP contribution is 2.15. The molecular formula is C5H7NS2. The number of rotatable bonds is 2. The van der Waals surface area contributed by atoms with E-state index in [1.807, 2.05) is 5.51 Å². The fourth-order valence-electron chi connectivity index (χ4n) is 0.421. The fourth-order valence-corrected chi connectivity index (χ4v) is 1.76. The molecule has 1 heterocycles. The molecule has 0 radical (unpaired) electrons. The Hall–Kier alpha value is -0.0200. The molecule has 0 amide bonds. The summed E-state index contributed by atoms with van der Waals surface area (Å²) >= 11 is 3.43. The SMILES string of the molecule is CCSc1cscn1. The minimum absolute atomic E-state index is 1.11. The van der Waals surface area contributed by atoms with Crippen molar-refractivity contribution < 1.29 is 0 Å². The van der Waals surface area contributed by atoms with Gasteiger partial charge >= 0.3 is 0 Å². The number of aromatic nitrogens is 1. The molecule has 0 saturated carbocycles. The maximum Gasteiger partial charge on any atom is 0.107 e. The van der Waals surface area contributed by atoms with Crippen LogP contribution in [0.2, 0.25) is 0 Å². The van der Waals surface area contributed by atoms with Gasteiger partial charge in [0, 0.05) is 5.38 Å². The Labute approximate surface area is 57.1 Å². The average Bonchev–Trinajstić information content (AvgIpc) is 2.19. The van der Waals surface area contributed by atoms with Gasteiger partial charge in [-0.2, -0.15) is 0 Å². The Morgan fingerprint density at radius 2 is 2.75 bits per heavy atom. The van der Waals surface area contributed by atoms with Crippen LogP contribution in [0.4, 0.5) is 0 Å². The molecule has 0 aliphatic heterocycles. The molecule has 0 bridgehead atoms. The lowest BCUT2D eigenvalue weighted by Gasteiger charge is -1.84. The van der Waals surface area contributed by atoms with Gasteiger partial charge in [0.15, 0.2) is 0 Å². The zero-order valence-corrected chi connectivity index (χ0v) is 6.26. The van der Waals surface area contributed by atoms with E-state index in [0.717, 1.165) is 10.8 Å². The van der Waals surface area contributed by atoms with Crippen LogP contribution < -0.4 is 0 Å². The van der Waals surface area contributed by atoms with Crippen molar-refractivity contribution in [1.82, 2.24) is 4.98 Å². The van der Waals surface area contributed by atoms with E-state index in [2.05, 4.69) is 17.3 Å². The highest BCUT2D eigenvalue weighted by molar-refractivity contribution is 7.99. The largest absolute Gasteiger partial charge is 0.238 e. The lowest BCUT2D eigenvalue weighted by Crippen LogP contribution is -1.67. The number of thiazole rings is 1. The molecule has 1 nitrogen and oxygen atoms in total. The molecule has 0 aliphatic carbocycles. The van der Waals surface area contributed by atoms with Crippen LogP contribution in [-0.4, -0.2) is 10.7 Å². The van der Waals surface area contributed by atoms with E-state index < -0.39 is 0 Å². The van der Waals surface area contributed by atoms with E-state index in [1.54, 1.807) is 23.1 Å². The van der Waals surface area contributed by atoms with Gasteiger partial charge in [0.1, 0.15) is 5.03 Å². The van der Waals surface area contributed by atoms with Gasteiger partial charge in [-0.1, -0.05) is 6.92 Å². The number of hydrogen-bond donors (Lipinski definition) is 0. The van der Waals surface area contributed by atoms with Crippen LogP contribution in [0.15, 0.2) is 15.9 Å². The van der Waals surface area contributed by atoms with Crippen LogP contribution in [0, 0.1) is 0 Å². The molecule has 1 aromatic heterocycles. The zero-order valence-electron chi connectivity index (χ0n) is 4.63. The van der Waals surface area contributed by atoms with Crippen molar-refractivity contribution in [2.45, 2.75) is 11.9 Å². The Morgan fingerprint density at radius 1 is 1.88 bits per heavy atom. The highest BCUT2D eigenvalue weighted by atomic mass is 32.2. The standard InChI is InChI=1S/C5H7NS2/c1-2-8-5-3-7-4-6-5/h3-4H,2H2,1H3. The first-order chi connectivity index (χ1) is 3.93. The van der Waals surface area contributed by atoms with Crippen LogP contribution in [-0.2, 0) is 0 Å². The van der Waals surface area contributed by atoms with Gasteiger partial charge in [-0.25, -0.2) is 4.98 Å². The lowest BCUT2D eigenvalue weighted by molar-refractivity contribution is 1.20. The van der Waals surface area contributed by atoms with Crippen molar-refractivity contribution in [3.63, 3.8) is 0 Å². The molecule has 0 N–H and O–H groups in total. The minimum Gasteiger partial charge on any atom is -0.238 e. The quantitative estimate of drug-likeness (QED) is 0.592. The summed E-state index contributed by atoms with van der Waals surface area (Å²) in [4.78, 5) is 4.09. The maximum absolute atomic E-state index is 4.09. The second-order valence-corrected chi connectivity index (χ2v) is 3.26. The van der Waals surface area contributed by atoms with Gasteiger partial charge in [0.05, 0.1) is 5.51 Å². The molecule has 1 aromatic rings. The van der Waals surface area contributed by atoms with Crippen molar-refractivity contribution in [2.24, 2.45) is 0 Å². The van der Waals surface area contributed by atoms with E-state index in [4.69, 9.17) is 0 Å². The topological polar surface area (TPSA) is 12.9 Å². The summed E-state index contributed by atoms with van der Waals surface area (Å²) in [5, 5.41) is 3.21. The Kier molecular flexibility index (Phi) is 2.36. The second kappa shape index (κ2) is 3.10. The number of nitrogens with zero attached hydrogens (tertiary/aromatic N) is 1. The van der Waals surface area contributed by atoms with Crippen molar-refractivity contribution in [3.05, 3.63) is 10.9 Å². The summed E-state index contributed by atoms with van der Waals surface area (Å²) in [5.41, 5.74) is 1.86. The molecule has 0 aliphatic rings. The third-order valence-electron chi connectivity index (χ3n) is 0.702. The van der Waals surface area contributed by atoms with E-state index >= 15 is 0 Å². The summed E-state index contributed by atoms with van der Waals surface area (Å²) in [6.07, 6.45) is 0. The van der Waals surface area contributed by atoms with Crippen molar-refractivity contribution in [2.75, 3.05) is 5.75 Å². The summed E-state index contributed by atoms with van der Waals surface area (Å²) in [6.45, 7) is 2.13. The Balaban J connectivity index is 2.50. The predicted molar refractivity (Wildman–Crippen MR) is 38.5 cm³/mol. The smallest absolute Gasteiger partial charge is 0.107 e. The van der Waals surface area contributed by atoms with E-state index in [-0.39, 0.29) is 0 Å². The van der Waals surface area contributed by atoms with Crippen molar-refractivity contribution >= 4 is 23.1 Å². The molecule has 0 saturated heterocycles. The molecule has 3 heteroatoms. The van der Waals surface area contributed by atoms with Crippen LogP contribution >= 0.6 is 23.1 Å². The molecule has 8 heavy (non-hydrogen) atoms. The normalized spacial score (nSPS) is 9.62. The van der Waals surface area contributed by atoms with E-state index in [1.165, 1.54) is 0 Å². The molecule has 1 rings (SSSR count). The summed E-state index contributed by atoms with van der Waals surface area (Å²) in [5.74, 6) is 1.11. The third kappa shape index (κ3) is 1.49. The van der Waals surface area contributed by atoms with E-state index in [0.29, 0.717) is 0 Å². The van der Waals surface area contributed by atoms with Gasteiger partial charge < -0.3 is 0 Å². The van der Waals surface area contributed by atoms with Crippen LogP contribution in [0.1, 0.15) is 6.92 Å². The van der Waals surface area contributed by atoms with Gasteiger partial charge in [0.2, 0.25) is 0 Å². The fraction of sp³-hybridized carbons (Fsp3) is 0.400. The van der Waals surface area contributed by atoms with Crippen LogP contribution in [0.25, 0.3) is 0 Å². The average molecular weight is 145 g/mol. The number of thioether (sulfide) groups is 1. The first-order valence-corrected chi connectivity index (χ1v) is 4.37. The maximum atomic E-state index is 4.09. The summed E-state index contributed by atoms with van der Waals surface area (Å²) < 4.78 is 0. The molecule has 0 spiro atoms. The molecule has 0 aromatic carbocycles. The first-order valence-electron chi connectivity index (χ1n) is 2.44. The third-order valence-corrected chi connectivity index (χ3v) is 2.25. The molecule has 0 fully saturated rings. The summed E-state index contributed by atoms with van der Waals surface area (Å²) in [7, 11) is 0. The minimum atomic E-state index is 1.11. The Morgan fingerprint density at radius 3 is 3.25 bits per heavy atom. The predicted octanol–water partition coefficient (Wildman–Crippen LogP) is 2.26. The van der Waals surface area contributed by atoms with Gasteiger partial charge in [0.25, 0.3) is 0 Å². The highest BCUT2D eigenvalue weighted by Gasteiger charge is 1.88. The molecule has 0 atom stereocenters. The summed E-state index contributed by atoms with van der Waals surface area (Å²) in [6, 6.07) is 0. The first kappa shape index (κ1) is 6.11. The Bertz CT molecular complexity index is 136. The lowest BCUT2D eigenvalue weighted by atomic mass is 11.0. The van der Waals surface area contributed by atoms with Gasteiger partial charge in [-0.15, -0.1) is 23.1 Å². The number of hydrogen-bond acceptors (Lipinski definition) is 3. The monoisotopic (exact) mass is 145 g/mol. The molecule has 44 valence electrons. The van der Waals surface area contributed by atoms with Gasteiger partial charge in [-0.3, -0.25) is 0 Å². The second-order valence-electron chi connectivity index (χ2n) is 1.26. The van der Waals surface area contributed by atoms with E-state index in [9.17, 15) is 0 Å². The van der Waals surface area contributed by atoms with Crippen molar-refractivity contribution in [3.8, 4) is 0 Å². The zero-order chi connectivity index (χ0) is 5.82. The van der Waals surface area contributed by atoms with Crippen LogP contribution in [0.3, 0.4) is 0 Å².